The van der Waals surface area contributed by atoms with Crippen molar-refractivity contribution < 1.29 is 9.66 Å². The zero-order valence-electron chi connectivity index (χ0n) is 20.0. The number of aromatic nitrogens is 2. The highest BCUT2D eigenvalue weighted by Gasteiger charge is 2.24. The van der Waals surface area contributed by atoms with Gasteiger partial charge in [0.05, 0.1) is 22.0 Å². The molecule has 0 bridgehead atoms. The van der Waals surface area contributed by atoms with Crippen LogP contribution in [0.1, 0.15) is 55.0 Å². The van der Waals surface area contributed by atoms with Crippen LogP contribution >= 0.6 is 11.6 Å². The van der Waals surface area contributed by atoms with Crippen LogP contribution in [0.25, 0.3) is 10.9 Å². The van der Waals surface area contributed by atoms with E-state index in [0.717, 1.165) is 37.7 Å². The predicted octanol–water partition coefficient (Wildman–Crippen LogP) is 6.47. The first-order valence-electron chi connectivity index (χ1n) is 12.2. The van der Waals surface area contributed by atoms with Crippen molar-refractivity contribution in [3.8, 4) is 5.75 Å². The quantitative estimate of drug-likeness (QED) is 0.159. The summed E-state index contributed by atoms with van der Waals surface area (Å²) in [5.74, 6) is 0.733. The van der Waals surface area contributed by atoms with E-state index in [9.17, 15) is 14.9 Å². The summed E-state index contributed by atoms with van der Waals surface area (Å²) in [6.45, 7) is 0.120. The number of fused-ring (bicyclic) bond motifs is 1. The van der Waals surface area contributed by atoms with Crippen LogP contribution in [0.4, 0.5) is 5.69 Å². The molecule has 1 heterocycles. The number of hydrogen-bond acceptors (Lipinski definition) is 6. The highest BCUT2D eigenvalue weighted by molar-refractivity contribution is 6.31. The van der Waals surface area contributed by atoms with Crippen LogP contribution in [0.15, 0.2) is 76.6 Å². The number of ether oxygens (including phenoxy) is 1. The maximum atomic E-state index is 13.5. The first-order chi connectivity index (χ1) is 18.0. The zero-order valence-corrected chi connectivity index (χ0v) is 20.8. The van der Waals surface area contributed by atoms with Crippen LogP contribution in [0, 0.1) is 10.1 Å². The molecule has 0 amide bonds. The van der Waals surface area contributed by atoms with Crippen molar-refractivity contribution >= 4 is 34.4 Å². The van der Waals surface area contributed by atoms with Gasteiger partial charge < -0.3 is 4.74 Å². The lowest BCUT2D eigenvalue weighted by Crippen LogP contribution is -2.25. The maximum Gasteiger partial charge on any atom is 0.313 e. The molecule has 1 saturated carbocycles. The molecule has 0 radical (unpaired) electrons. The second-order valence-corrected chi connectivity index (χ2v) is 9.49. The second-order valence-electron chi connectivity index (χ2n) is 9.06. The van der Waals surface area contributed by atoms with E-state index < -0.39 is 4.92 Å². The van der Waals surface area contributed by atoms with Gasteiger partial charge in [-0.3, -0.25) is 14.9 Å². The largest absolute Gasteiger partial charge is 0.481 e. The van der Waals surface area contributed by atoms with Gasteiger partial charge >= 0.3 is 5.69 Å². The Morgan fingerprint density at radius 2 is 1.81 bits per heavy atom. The van der Waals surface area contributed by atoms with E-state index >= 15 is 0 Å². The van der Waals surface area contributed by atoms with E-state index in [1.54, 1.807) is 12.1 Å². The number of para-hydroxylation sites is 1. The number of nitrogens with zero attached hydrogens (tertiary/aromatic N) is 4. The molecular formula is C28H25ClN4O4. The van der Waals surface area contributed by atoms with Crippen LogP contribution in [0.2, 0.25) is 5.02 Å². The number of nitro groups is 1. The third-order valence-corrected chi connectivity index (χ3v) is 6.77. The molecule has 1 aliphatic carbocycles. The van der Waals surface area contributed by atoms with E-state index in [2.05, 4.69) is 5.10 Å². The first kappa shape index (κ1) is 24.6. The monoisotopic (exact) mass is 516 g/mol. The minimum Gasteiger partial charge on any atom is -0.481 e. The van der Waals surface area contributed by atoms with Crippen LogP contribution in [0.3, 0.4) is 0 Å². The van der Waals surface area contributed by atoms with Gasteiger partial charge in [-0.15, -0.1) is 0 Å². The normalized spacial score (nSPS) is 14.3. The molecule has 37 heavy (non-hydrogen) atoms. The van der Waals surface area contributed by atoms with Crippen molar-refractivity contribution in [2.24, 2.45) is 5.10 Å². The van der Waals surface area contributed by atoms with E-state index in [0.29, 0.717) is 22.3 Å². The molecule has 0 atom stereocenters. The first-order valence-corrected chi connectivity index (χ1v) is 12.6. The van der Waals surface area contributed by atoms with E-state index in [4.69, 9.17) is 21.3 Å². The molecule has 0 saturated heterocycles. The molecule has 3 aromatic carbocycles. The number of nitro benzene ring substituents is 1. The maximum absolute atomic E-state index is 13.5. The third kappa shape index (κ3) is 5.39. The fourth-order valence-electron chi connectivity index (χ4n) is 4.72. The Labute approximate surface area is 218 Å². The summed E-state index contributed by atoms with van der Waals surface area (Å²) in [7, 11) is 0. The topological polar surface area (TPSA) is 99.6 Å². The molecule has 8 nitrogen and oxygen atoms in total. The molecule has 0 N–H and O–H groups in total. The molecule has 0 spiro atoms. The SMILES string of the molecule is O=c1c2ccccc2nc(C2CCCCC2)n1N=Cc1cc(Cl)cc([N+](=O)[O-])c1OCc1ccccc1. The summed E-state index contributed by atoms with van der Waals surface area (Å²) in [5, 5.41) is 17.0. The Morgan fingerprint density at radius 1 is 1.08 bits per heavy atom. The summed E-state index contributed by atoms with van der Waals surface area (Å²) < 4.78 is 7.24. The Hall–Kier alpha value is -4.04. The van der Waals surface area contributed by atoms with E-state index in [-0.39, 0.29) is 34.5 Å². The zero-order chi connectivity index (χ0) is 25.8. The molecular weight excluding hydrogens is 492 g/mol. The Kier molecular flexibility index (Phi) is 7.28. The highest BCUT2D eigenvalue weighted by Crippen LogP contribution is 2.35. The van der Waals surface area contributed by atoms with Crippen LogP contribution in [0.5, 0.6) is 5.75 Å². The van der Waals surface area contributed by atoms with Crippen molar-refractivity contribution in [2.45, 2.75) is 44.6 Å². The third-order valence-electron chi connectivity index (χ3n) is 6.55. The average molecular weight is 517 g/mol. The van der Waals surface area contributed by atoms with Crippen LogP contribution < -0.4 is 10.3 Å². The van der Waals surface area contributed by atoms with Crippen LogP contribution in [-0.2, 0) is 6.61 Å². The Bertz CT molecular complexity index is 1530. The molecule has 9 heteroatoms. The van der Waals surface area contributed by atoms with Gasteiger partial charge in [0.2, 0.25) is 5.75 Å². The summed E-state index contributed by atoms with van der Waals surface area (Å²) in [6, 6.07) is 19.3. The van der Waals surface area contributed by atoms with Crippen LogP contribution in [-0.4, -0.2) is 20.8 Å². The number of rotatable bonds is 7. The van der Waals surface area contributed by atoms with Gasteiger partial charge in [-0.2, -0.15) is 9.78 Å². The van der Waals surface area contributed by atoms with Gasteiger partial charge in [-0.05, 0) is 36.6 Å². The standard InChI is InChI=1S/C28H25ClN4O4/c29-22-15-21(26(25(16-22)33(35)36)37-18-19-9-3-1-4-10-19)17-30-32-27(20-11-5-2-6-12-20)31-24-14-8-7-13-23(24)28(32)34/h1,3-4,7-10,13-17,20H,2,5-6,11-12,18H2. The number of benzene rings is 3. The number of halogens is 1. The van der Waals surface area contributed by atoms with Crippen molar-refractivity contribution in [3.05, 3.63) is 109 Å². The lowest BCUT2D eigenvalue weighted by Gasteiger charge is -2.22. The molecule has 1 aromatic heterocycles. The van der Waals surface area contributed by atoms with Gasteiger partial charge in [0, 0.05) is 22.6 Å². The van der Waals surface area contributed by atoms with E-state index in [1.165, 1.54) is 23.0 Å². The lowest BCUT2D eigenvalue weighted by molar-refractivity contribution is -0.385. The Morgan fingerprint density at radius 3 is 2.57 bits per heavy atom. The molecule has 0 aliphatic heterocycles. The summed E-state index contributed by atoms with van der Waals surface area (Å²) in [5.41, 5.74) is 1.21. The van der Waals surface area contributed by atoms with Gasteiger partial charge in [0.25, 0.3) is 5.56 Å². The molecule has 0 unspecified atom stereocenters. The number of hydrogen-bond donors (Lipinski definition) is 0. The van der Waals surface area contributed by atoms with Gasteiger partial charge in [0.1, 0.15) is 12.4 Å². The summed E-state index contributed by atoms with van der Waals surface area (Å²) >= 11 is 6.22. The highest BCUT2D eigenvalue weighted by atomic mass is 35.5. The molecule has 188 valence electrons. The lowest BCUT2D eigenvalue weighted by atomic mass is 9.88. The molecule has 1 aliphatic rings. The summed E-state index contributed by atoms with van der Waals surface area (Å²) in [6.07, 6.45) is 6.53. The van der Waals surface area contributed by atoms with Crippen molar-refractivity contribution in [3.63, 3.8) is 0 Å². The fourth-order valence-corrected chi connectivity index (χ4v) is 4.94. The average Bonchev–Trinajstić information content (AvgIpc) is 2.92. The minimum absolute atomic E-state index is 0.0306. The van der Waals surface area contributed by atoms with Crippen molar-refractivity contribution in [1.82, 2.24) is 9.66 Å². The Balaban J connectivity index is 1.60. The van der Waals surface area contributed by atoms with Gasteiger partial charge in [0.15, 0.2) is 0 Å². The summed E-state index contributed by atoms with van der Waals surface area (Å²) in [4.78, 5) is 29.6. The fraction of sp³-hybridized carbons (Fsp3) is 0.250. The molecule has 1 fully saturated rings. The van der Waals surface area contributed by atoms with Gasteiger partial charge in [-0.1, -0.05) is 73.3 Å². The van der Waals surface area contributed by atoms with E-state index in [1.807, 2.05) is 42.5 Å². The molecule has 5 rings (SSSR count). The van der Waals surface area contributed by atoms with Crippen molar-refractivity contribution in [2.75, 3.05) is 0 Å². The van der Waals surface area contributed by atoms with Gasteiger partial charge in [-0.25, -0.2) is 4.98 Å². The second kappa shape index (κ2) is 10.9. The minimum atomic E-state index is -0.541. The molecule has 4 aromatic rings. The predicted molar refractivity (Wildman–Crippen MR) is 144 cm³/mol. The van der Waals surface area contributed by atoms with Crippen molar-refractivity contribution in [1.29, 1.82) is 0 Å². The smallest absolute Gasteiger partial charge is 0.313 e.